The Labute approximate surface area is 132 Å². The van der Waals surface area contributed by atoms with Gasteiger partial charge in [-0.05, 0) is 24.5 Å². The van der Waals surface area contributed by atoms with Crippen LogP contribution in [0.15, 0.2) is 35.3 Å². The molecule has 1 aromatic heterocycles. The van der Waals surface area contributed by atoms with Crippen LogP contribution in [-0.2, 0) is 11.3 Å². The predicted octanol–water partition coefficient (Wildman–Crippen LogP) is 0.627. The Kier molecular flexibility index (Phi) is 5.97. The van der Waals surface area contributed by atoms with E-state index in [2.05, 4.69) is 10.4 Å². The van der Waals surface area contributed by atoms with Gasteiger partial charge in [0.15, 0.2) is 0 Å². The highest BCUT2D eigenvalue weighted by Gasteiger charge is 2.13. The molecule has 22 heavy (non-hydrogen) atoms. The van der Waals surface area contributed by atoms with Crippen LogP contribution < -0.4 is 10.9 Å². The molecule has 1 atom stereocenters. The number of carbonyl (C=O) groups is 1. The van der Waals surface area contributed by atoms with Gasteiger partial charge in [0.1, 0.15) is 6.10 Å². The molecule has 0 fully saturated rings. The third-order valence-corrected chi connectivity index (χ3v) is 3.93. The molecule has 1 aromatic carbocycles. The molecule has 6 nitrogen and oxygen atoms in total. The van der Waals surface area contributed by atoms with Crippen molar-refractivity contribution >= 4 is 28.4 Å². The summed E-state index contributed by atoms with van der Waals surface area (Å²) < 4.78 is 1.32. The summed E-state index contributed by atoms with van der Waals surface area (Å²) >= 11 is 1.58. The number of carbonyl (C=O) groups excluding carboxylic acids is 1. The van der Waals surface area contributed by atoms with E-state index < -0.39 is 12.0 Å². The van der Waals surface area contributed by atoms with Crippen LogP contribution in [0.25, 0.3) is 10.8 Å². The summed E-state index contributed by atoms with van der Waals surface area (Å²) in [6.07, 6.45) is 2.96. The van der Waals surface area contributed by atoms with Crippen molar-refractivity contribution in [3.05, 3.63) is 40.8 Å². The van der Waals surface area contributed by atoms with E-state index >= 15 is 0 Å². The molecule has 0 saturated carbocycles. The van der Waals surface area contributed by atoms with Crippen molar-refractivity contribution in [2.45, 2.75) is 19.1 Å². The maximum Gasteiger partial charge on any atom is 0.274 e. The molecule has 0 aliphatic carbocycles. The molecule has 0 saturated heterocycles. The van der Waals surface area contributed by atoms with Crippen molar-refractivity contribution in [3.8, 4) is 0 Å². The number of hydrogen-bond acceptors (Lipinski definition) is 5. The lowest BCUT2D eigenvalue weighted by Crippen LogP contribution is -2.38. The Morgan fingerprint density at radius 1 is 1.45 bits per heavy atom. The molecular formula is C15H19N3O3S. The molecule has 0 aliphatic rings. The minimum Gasteiger partial charge on any atom is -0.383 e. The smallest absolute Gasteiger partial charge is 0.274 e. The van der Waals surface area contributed by atoms with Gasteiger partial charge < -0.3 is 10.4 Å². The van der Waals surface area contributed by atoms with E-state index in [1.807, 2.05) is 18.4 Å². The van der Waals surface area contributed by atoms with Gasteiger partial charge in [-0.3, -0.25) is 9.59 Å². The first-order valence-corrected chi connectivity index (χ1v) is 8.42. The fourth-order valence-electron chi connectivity index (χ4n) is 2.05. The minimum atomic E-state index is -1.01. The normalized spacial score (nSPS) is 12.3. The quantitative estimate of drug-likeness (QED) is 0.781. The van der Waals surface area contributed by atoms with E-state index in [1.54, 1.807) is 30.1 Å². The number of aliphatic hydroxyl groups is 1. The molecule has 0 spiro atoms. The largest absolute Gasteiger partial charge is 0.383 e. The summed E-state index contributed by atoms with van der Waals surface area (Å²) in [5, 5.41) is 17.7. The molecule has 2 rings (SSSR count). The molecule has 1 amide bonds. The molecule has 2 N–H and O–H groups in total. The average molecular weight is 321 g/mol. The van der Waals surface area contributed by atoms with Gasteiger partial charge in [0.2, 0.25) is 5.91 Å². The van der Waals surface area contributed by atoms with Crippen LogP contribution >= 0.6 is 11.8 Å². The summed E-state index contributed by atoms with van der Waals surface area (Å²) in [6, 6.07) is 7.24. The Bertz CT molecular complexity index is 702. The van der Waals surface area contributed by atoms with Gasteiger partial charge in [0, 0.05) is 11.9 Å². The van der Waals surface area contributed by atoms with E-state index in [0.29, 0.717) is 11.8 Å². The van der Waals surface area contributed by atoms with Crippen molar-refractivity contribution in [1.82, 2.24) is 15.1 Å². The molecule has 118 valence electrons. The van der Waals surface area contributed by atoms with Crippen LogP contribution in [0.3, 0.4) is 0 Å². The lowest BCUT2D eigenvalue weighted by Gasteiger charge is -2.11. The molecule has 0 radical (unpaired) electrons. The summed E-state index contributed by atoms with van der Waals surface area (Å²) in [4.78, 5) is 23.9. The van der Waals surface area contributed by atoms with Gasteiger partial charge in [0.05, 0.1) is 18.1 Å². The number of rotatable bonds is 7. The number of nitrogens with zero attached hydrogens (tertiary/aromatic N) is 2. The summed E-state index contributed by atoms with van der Waals surface area (Å²) in [7, 11) is 0. The Hall–Kier alpha value is -1.86. The summed E-state index contributed by atoms with van der Waals surface area (Å²) in [5.41, 5.74) is -0.185. The molecule has 0 bridgehead atoms. The van der Waals surface area contributed by atoms with Crippen molar-refractivity contribution < 1.29 is 9.90 Å². The monoisotopic (exact) mass is 321 g/mol. The summed E-state index contributed by atoms with van der Waals surface area (Å²) in [6.45, 7) is 0.519. The lowest BCUT2D eigenvalue weighted by molar-refractivity contribution is -0.129. The molecule has 0 unspecified atom stereocenters. The van der Waals surface area contributed by atoms with Crippen molar-refractivity contribution in [3.63, 3.8) is 0 Å². The number of amides is 1. The second-order valence-corrected chi connectivity index (χ2v) is 5.83. The first-order valence-electron chi connectivity index (χ1n) is 7.03. The van der Waals surface area contributed by atoms with Crippen LogP contribution in [0.5, 0.6) is 0 Å². The highest BCUT2D eigenvalue weighted by atomic mass is 32.2. The Morgan fingerprint density at radius 2 is 2.23 bits per heavy atom. The lowest BCUT2D eigenvalue weighted by atomic mass is 10.2. The number of hydrogen-bond donors (Lipinski definition) is 2. The first kappa shape index (κ1) is 16.5. The average Bonchev–Trinajstić information content (AvgIpc) is 2.54. The van der Waals surface area contributed by atoms with E-state index in [9.17, 15) is 14.7 Å². The van der Waals surface area contributed by atoms with Gasteiger partial charge >= 0.3 is 0 Å². The number of benzene rings is 1. The van der Waals surface area contributed by atoms with Crippen molar-refractivity contribution in [2.24, 2.45) is 0 Å². The standard InChI is InChI=1S/C15H19N3O3S/c1-22-9-6-13(19)14(20)16-7-8-18-15(21)12-5-3-2-4-11(12)10-17-18/h2-5,10,13,19H,6-9H2,1H3,(H,16,20)/t13-/m0/s1. The predicted molar refractivity (Wildman–Crippen MR) is 88.0 cm³/mol. The fraction of sp³-hybridized carbons (Fsp3) is 0.400. The van der Waals surface area contributed by atoms with Gasteiger partial charge in [0.25, 0.3) is 5.56 Å². The SMILES string of the molecule is CSCC[C@H](O)C(=O)NCCn1ncc2ccccc2c1=O. The highest BCUT2D eigenvalue weighted by molar-refractivity contribution is 7.98. The van der Waals surface area contributed by atoms with E-state index in [1.165, 1.54) is 4.68 Å². The number of aromatic nitrogens is 2. The van der Waals surface area contributed by atoms with Crippen LogP contribution in [0.4, 0.5) is 0 Å². The van der Waals surface area contributed by atoms with Crippen LogP contribution in [0.1, 0.15) is 6.42 Å². The van der Waals surface area contributed by atoms with Gasteiger partial charge in [-0.15, -0.1) is 0 Å². The van der Waals surface area contributed by atoms with Crippen LogP contribution in [-0.4, -0.2) is 45.5 Å². The second kappa shape index (κ2) is 7.95. The van der Waals surface area contributed by atoms with Gasteiger partial charge in [-0.2, -0.15) is 16.9 Å². The maximum atomic E-state index is 12.2. The first-order chi connectivity index (χ1) is 10.6. The van der Waals surface area contributed by atoms with E-state index in [4.69, 9.17) is 0 Å². The highest BCUT2D eigenvalue weighted by Crippen LogP contribution is 2.06. The third kappa shape index (κ3) is 4.08. The number of nitrogens with one attached hydrogen (secondary N) is 1. The van der Waals surface area contributed by atoms with Crippen molar-refractivity contribution in [2.75, 3.05) is 18.6 Å². The summed E-state index contributed by atoms with van der Waals surface area (Å²) in [5.74, 6) is 0.309. The molecule has 7 heteroatoms. The minimum absolute atomic E-state index is 0.185. The molecule has 1 heterocycles. The molecular weight excluding hydrogens is 302 g/mol. The van der Waals surface area contributed by atoms with Gasteiger partial charge in [-0.1, -0.05) is 18.2 Å². The van der Waals surface area contributed by atoms with Gasteiger partial charge in [-0.25, -0.2) is 4.68 Å². The van der Waals surface area contributed by atoms with Crippen LogP contribution in [0.2, 0.25) is 0 Å². The maximum absolute atomic E-state index is 12.2. The van der Waals surface area contributed by atoms with Crippen molar-refractivity contribution in [1.29, 1.82) is 0 Å². The number of fused-ring (bicyclic) bond motifs is 1. The Balaban J connectivity index is 1.94. The molecule has 2 aromatic rings. The Morgan fingerprint density at radius 3 is 3.00 bits per heavy atom. The van der Waals surface area contributed by atoms with Crippen LogP contribution in [0, 0.1) is 0 Å². The zero-order chi connectivity index (χ0) is 15.9. The third-order valence-electron chi connectivity index (χ3n) is 3.28. The zero-order valence-corrected chi connectivity index (χ0v) is 13.2. The molecule has 0 aliphatic heterocycles. The second-order valence-electron chi connectivity index (χ2n) is 4.85. The van der Waals surface area contributed by atoms with E-state index in [0.717, 1.165) is 11.1 Å². The fourth-order valence-corrected chi connectivity index (χ4v) is 2.51. The zero-order valence-electron chi connectivity index (χ0n) is 12.4. The number of thioether (sulfide) groups is 1. The topological polar surface area (TPSA) is 84.2 Å². The van der Waals surface area contributed by atoms with E-state index in [-0.39, 0.29) is 18.6 Å². The number of aliphatic hydroxyl groups excluding tert-OH is 1.